The maximum atomic E-state index is 4.25. The van der Waals surface area contributed by atoms with Gasteiger partial charge in [0.2, 0.25) is 5.66 Å². The van der Waals surface area contributed by atoms with Crippen molar-refractivity contribution in [1.82, 2.24) is 10.2 Å². The Hall–Kier alpha value is -0.480. The van der Waals surface area contributed by atoms with Gasteiger partial charge in [0, 0.05) is 38.6 Å². The van der Waals surface area contributed by atoms with Crippen LogP contribution in [0.5, 0.6) is 0 Å². The number of nitrogens with one attached hydrogen (secondary N) is 1. The summed E-state index contributed by atoms with van der Waals surface area (Å²) in [5.41, 5.74) is 0.0668. The van der Waals surface area contributed by atoms with E-state index in [1.165, 1.54) is 25.9 Å². The van der Waals surface area contributed by atoms with Gasteiger partial charge < -0.3 is 5.32 Å². The molecule has 3 rings (SSSR count). The summed E-state index contributed by atoms with van der Waals surface area (Å²) in [6.45, 7) is 5.67. The van der Waals surface area contributed by atoms with Crippen LogP contribution in [-0.2, 0) is 0 Å². The van der Waals surface area contributed by atoms with Crippen molar-refractivity contribution >= 4 is 0 Å². The van der Waals surface area contributed by atoms with Crippen LogP contribution in [0.3, 0.4) is 0 Å². The van der Waals surface area contributed by atoms with Crippen LogP contribution in [0.15, 0.2) is 10.2 Å². The molecule has 0 aromatic rings. The highest BCUT2D eigenvalue weighted by Crippen LogP contribution is 2.50. The topological polar surface area (TPSA) is 40.0 Å². The average molecular weight is 180 g/mol. The Bertz CT molecular complexity index is 222. The van der Waals surface area contributed by atoms with E-state index in [1.54, 1.807) is 0 Å². The SMILES string of the molecule is C1CN(CC2(C3CC3)N=N2)CCN1. The summed E-state index contributed by atoms with van der Waals surface area (Å²) in [6, 6.07) is 0. The Labute approximate surface area is 78.4 Å². The molecule has 0 radical (unpaired) electrons. The molecule has 0 atom stereocenters. The predicted octanol–water partition coefficient (Wildman–Crippen LogP) is 0.464. The van der Waals surface area contributed by atoms with Crippen LogP contribution in [0, 0.1) is 5.92 Å². The average Bonchev–Trinajstić information content (AvgIpc) is 3.00. The molecular weight excluding hydrogens is 164 g/mol. The van der Waals surface area contributed by atoms with Crippen LogP contribution in [0.4, 0.5) is 0 Å². The summed E-state index contributed by atoms with van der Waals surface area (Å²) in [4.78, 5) is 2.49. The van der Waals surface area contributed by atoms with E-state index >= 15 is 0 Å². The second-order valence-corrected chi connectivity index (χ2v) is 4.38. The maximum Gasteiger partial charge on any atom is 0.206 e. The first-order valence-corrected chi connectivity index (χ1v) is 5.26. The van der Waals surface area contributed by atoms with Gasteiger partial charge in [-0.25, -0.2) is 0 Å². The summed E-state index contributed by atoms with van der Waals surface area (Å²) in [7, 11) is 0. The van der Waals surface area contributed by atoms with Gasteiger partial charge in [-0.1, -0.05) is 0 Å². The smallest absolute Gasteiger partial charge is 0.206 e. The highest BCUT2D eigenvalue weighted by molar-refractivity contribution is 5.07. The highest BCUT2D eigenvalue weighted by Gasteiger charge is 2.54. The quantitative estimate of drug-likeness (QED) is 0.685. The number of rotatable bonds is 3. The van der Waals surface area contributed by atoms with Crippen LogP contribution < -0.4 is 5.32 Å². The van der Waals surface area contributed by atoms with E-state index in [4.69, 9.17) is 0 Å². The molecule has 0 bridgehead atoms. The lowest BCUT2D eigenvalue weighted by Gasteiger charge is -2.28. The van der Waals surface area contributed by atoms with Gasteiger partial charge in [0.1, 0.15) is 0 Å². The summed E-state index contributed by atoms with van der Waals surface area (Å²) in [5, 5.41) is 11.9. The third-order valence-corrected chi connectivity index (χ3v) is 3.25. The molecule has 3 aliphatic rings. The van der Waals surface area contributed by atoms with Crippen molar-refractivity contribution in [1.29, 1.82) is 0 Å². The van der Waals surface area contributed by atoms with Gasteiger partial charge in [-0.3, -0.25) is 4.90 Å². The Morgan fingerprint density at radius 2 is 1.92 bits per heavy atom. The second-order valence-electron chi connectivity index (χ2n) is 4.38. The monoisotopic (exact) mass is 180 g/mol. The molecule has 2 heterocycles. The lowest BCUT2D eigenvalue weighted by molar-refractivity contribution is 0.207. The van der Waals surface area contributed by atoms with Gasteiger partial charge in [0.15, 0.2) is 0 Å². The number of hydrogen-bond acceptors (Lipinski definition) is 4. The molecule has 13 heavy (non-hydrogen) atoms. The molecule has 1 saturated heterocycles. The Kier molecular flexibility index (Phi) is 1.67. The molecule has 1 saturated carbocycles. The van der Waals surface area contributed by atoms with E-state index in [0.29, 0.717) is 0 Å². The van der Waals surface area contributed by atoms with E-state index in [-0.39, 0.29) is 5.66 Å². The minimum Gasteiger partial charge on any atom is -0.314 e. The van der Waals surface area contributed by atoms with Gasteiger partial charge in [-0.05, 0) is 12.8 Å². The van der Waals surface area contributed by atoms with Crippen LogP contribution in [0.2, 0.25) is 0 Å². The fourth-order valence-corrected chi connectivity index (χ4v) is 2.16. The van der Waals surface area contributed by atoms with Crippen molar-refractivity contribution in [2.24, 2.45) is 16.1 Å². The van der Waals surface area contributed by atoms with E-state index < -0.39 is 0 Å². The molecule has 0 amide bonds. The normalized spacial score (nSPS) is 32.0. The summed E-state index contributed by atoms with van der Waals surface area (Å²) in [5.74, 6) is 0.794. The molecule has 4 nitrogen and oxygen atoms in total. The summed E-state index contributed by atoms with van der Waals surface area (Å²) < 4.78 is 0. The van der Waals surface area contributed by atoms with Crippen molar-refractivity contribution in [2.75, 3.05) is 32.7 Å². The van der Waals surface area contributed by atoms with Crippen molar-refractivity contribution in [3.05, 3.63) is 0 Å². The van der Waals surface area contributed by atoms with Crippen molar-refractivity contribution in [3.8, 4) is 0 Å². The second kappa shape index (κ2) is 2.75. The molecule has 0 spiro atoms. The zero-order valence-corrected chi connectivity index (χ0v) is 7.87. The van der Waals surface area contributed by atoms with Gasteiger partial charge in [0.25, 0.3) is 0 Å². The third kappa shape index (κ3) is 1.48. The van der Waals surface area contributed by atoms with E-state index in [9.17, 15) is 0 Å². The van der Waals surface area contributed by atoms with Gasteiger partial charge in [-0.15, -0.1) is 0 Å². The lowest BCUT2D eigenvalue weighted by Crippen LogP contribution is -2.47. The van der Waals surface area contributed by atoms with Gasteiger partial charge >= 0.3 is 0 Å². The molecule has 1 aliphatic carbocycles. The van der Waals surface area contributed by atoms with Crippen molar-refractivity contribution < 1.29 is 0 Å². The summed E-state index contributed by atoms with van der Waals surface area (Å²) in [6.07, 6.45) is 2.69. The molecular formula is C9H16N4. The molecule has 2 aliphatic heterocycles. The molecule has 0 aromatic carbocycles. The summed E-state index contributed by atoms with van der Waals surface area (Å²) >= 11 is 0. The molecule has 2 fully saturated rings. The van der Waals surface area contributed by atoms with E-state index in [0.717, 1.165) is 25.6 Å². The fourth-order valence-electron chi connectivity index (χ4n) is 2.16. The van der Waals surface area contributed by atoms with Crippen LogP contribution >= 0.6 is 0 Å². The predicted molar refractivity (Wildman–Crippen MR) is 49.6 cm³/mol. The van der Waals surface area contributed by atoms with Gasteiger partial charge in [0.05, 0.1) is 0 Å². The molecule has 0 aromatic heterocycles. The Morgan fingerprint density at radius 3 is 2.46 bits per heavy atom. The maximum absolute atomic E-state index is 4.25. The number of nitrogens with zero attached hydrogens (tertiary/aromatic N) is 3. The minimum atomic E-state index is 0.0668. The standard InChI is InChI=1S/C9H16N4/c1-2-8(1)9(11-12-9)7-13-5-3-10-4-6-13/h8,10H,1-7H2. The zero-order chi connectivity index (χ0) is 8.73. The first kappa shape index (κ1) is 7.88. The molecule has 4 heteroatoms. The van der Waals surface area contributed by atoms with E-state index in [1.807, 2.05) is 0 Å². The number of piperazine rings is 1. The number of hydrogen-bond donors (Lipinski definition) is 1. The van der Waals surface area contributed by atoms with Gasteiger partial charge in [-0.2, -0.15) is 10.2 Å². The Morgan fingerprint density at radius 1 is 1.23 bits per heavy atom. The molecule has 0 unspecified atom stereocenters. The van der Waals surface area contributed by atoms with Crippen LogP contribution in [0.1, 0.15) is 12.8 Å². The van der Waals surface area contributed by atoms with Crippen LogP contribution in [-0.4, -0.2) is 43.3 Å². The van der Waals surface area contributed by atoms with E-state index in [2.05, 4.69) is 20.4 Å². The lowest BCUT2D eigenvalue weighted by atomic mass is 10.1. The molecule has 1 N–H and O–H groups in total. The zero-order valence-electron chi connectivity index (χ0n) is 7.87. The van der Waals surface area contributed by atoms with Crippen LogP contribution in [0.25, 0.3) is 0 Å². The minimum absolute atomic E-state index is 0.0668. The first-order valence-electron chi connectivity index (χ1n) is 5.26. The van der Waals surface area contributed by atoms with Crippen molar-refractivity contribution in [3.63, 3.8) is 0 Å². The largest absolute Gasteiger partial charge is 0.314 e. The molecule has 72 valence electrons. The van der Waals surface area contributed by atoms with Crippen molar-refractivity contribution in [2.45, 2.75) is 18.5 Å². The Balaban J connectivity index is 1.55. The highest BCUT2D eigenvalue weighted by atomic mass is 15.5. The third-order valence-electron chi connectivity index (χ3n) is 3.25. The first-order chi connectivity index (χ1) is 6.39. The fraction of sp³-hybridized carbons (Fsp3) is 1.00.